The third-order valence-electron chi connectivity index (χ3n) is 3.96. The van der Waals surface area contributed by atoms with Gasteiger partial charge >= 0.3 is 0 Å². The number of anilines is 2. The van der Waals surface area contributed by atoms with E-state index >= 15 is 0 Å². The van der Waals surface area contributed by atoms with Crippen LogP contribution in [0.2, 0.25) is 0 Å². The van der Waals surface area contributed by atoms with Gasteiger partial charge in [0.1, 0.15) is 5.75 Å². The highest BCUT2D eigenvalue weighted by atomic mass is 79.9. The van der Waals surface area contributed by atoms with Crippen LogP contribution < -0.4 is 15.4 Å². The first-order valence-corrected chi connectivity index (χ1v) is 9.46. The highest BCUT2D eigenvalue weighted by molar-refractivity contribution is 9.10. The molecule has 0 spiro atoms. The number of benzene rings is 3. The molecule has 0 unspecified atom stereocenters. The molecule has 2 N–H and O–H groups in total. The Hall–Kier alpha value is -2.79. The highest BCUT2D eigenvalue weighted by Crippen LogP contribution is 2.26. The van der Waals surface area contributed by atoms with Crippen LogP contribution in [0.3, 0.4) is 0 Å². The SMILES string of the molecule is Cc1ccc(NC(=O)COc2ccc(CNc3ccccc3)cc2Br)cc1. The molecule has 0 heterocycles. The molecule has 3 aromatic carbocycles. The van der Waals surface area contributed by atoms with Crippen LogP contribution in [0, 0.1) is 6.92 Å². The van der Waals surface area contributed by atoms with E-state index in [1.54, 1.807) is 0 Å². The lowest BCUT2D eigenvalue weighted by atomic mass is 10.2. The number of para-hydroxylation sites is 1. The van der Waals surface area contributed by atoms with E-state index in [1.807, 2.05) is 79.7 Å². The van der Waals surface area contributed by atoms with Gasteiger partial charge in [-0.25, -0.2) is 0 Å². The van der Waals surface area contributed by atoms with Crippen molar-refractivity contribution in [2.24, 2.45) is 0 Å². The molecule has 0 radical (unpaired) electrons. The zero-order valence-corrected chi connectivity index (χ0v) is 16.6. The van der Waals surface area contributed by atoms with Crippen molar-refractivity contribution < 1.29 is 9.53 Å². The van der Waals surface area contributed by atoms with Gasteiger partial charge in [0.2, 0.25) is 0 Å². The molecule has 3 rings (SSSR count). The van der Waals surface area contributed by atoms with Gasteiger partial charge in [0.05, 0.1) is 4.47 Å². The topological polar surface area (TPSA) is 50.4 Å². The third kappa shape index (κ3) is 5.86. The Morgan fingerprint density at radius 2 is 1.70 bits per heavy atom. The van der Waals surface area contributed by atoms with E-state index in [9.17, 15) is 4.79 Å². The summed E-state index contributed by atoms with van der Waals surface area (Å²) in [7, 11) is 0. The zero-order chi connectivity index (χ0) is 19.1. The average molecular weight is 425 g/mol. The van der Waals surface area contributed by atoms with Crippen molar-refractivity contribution in [3.63, 3.8) is 0 Å². The molecule has 0 aromatic heterocycles. The van der Waals surface area contributed by atoms with Gasteiger partial charge in [-0.1, -0.05) is 42.0 Å². The summed E-state index contributed by atoms with van der Waals surface area (Å²) in [6, 6.07) is 23.5. The van der Waals surface area contributed by atoms with Gasteiger partial charge in [0.15, 0.2) is 6.61 Å². The van der Waals surface area contributed by atoms with Gasteiger partial charge in [-0.15, -0.1) is 0 Å². The molecule has 0 saturated heterocycles. The molecule has 1 amide bonds. The second kappa shape index (κ2) is 9.24. The molecule has 0 atom stereocenters. The van der Waals surface area contributed by atoms with Gasteiger partial charge in [0.25, 0.3) is 5.91 Å². The summed E-state index contributed by atoms with van der Waals surface area (Å²) in [6.07, 6.45) is 0. The number of hydrogen-bond donors (Lipinski definition) is 2. The number of ether oxygens (including phenoxy) is 1. The van der Waals surface area contributed by atoms with Gasteiger partial charge in [-0.2, -0.15) is 0 Å². The van der Waals surface area contributed by atoms with E-state index in [2.05, 4.69) is 26.6 Å². The van der Waals surface area contributed by atoms with Crippen LogP contribution in [0.1, 0.15) is 11.1 Å². The average Bonchev–Trinajstić information content (AvgIpc) is 2.68. The fraction of sp³-hybridized carbons (Fsp3) is 0.136. The van der Waals surface area contributed by atoms with Crippen LogP contribution in [0.25, 0.3) is 0 Å². The first-order chi connectivity index (χ1) is 13.1. The van der Waals surface area contributed by atoms with Crippen molar-refractivity contribution >= 4 is 33.2 Å². The first-order valence-electron chi connectivity index (χ1n) is 8.67. The molecule has 27 heavy (non-hydrogen) atoms. The zero-order valence-electron chi connectivity index (χ0n) is 15.0. The minimum atomic E-state index is -0.194. The van der Waals surface area contributed by atoms with Crippen LogP contribution in [-0.4, -0.2) is 12.5 Å². The third-order valence-corrected chi connectivity index (χ3v) is 4.58. The van der Waals surface area contributed by atoms with Crippen molar-refractivity contribution in [3.05, 3.63) is 88.4 Å². The summed E-state index contributed by atoms with van der Waals surface area (Å²) in [6.45, 7) is 2.66. The van der Waals surface area contributed by atoms with Crippen LogP contribution in [0.5, 0.6) is 5.75 Å². The van der Waals surface area contributed by atoms with Crippen molar-refractivity contribution in [1.82, 2.24) is 0 Å². The van der Waals surface area contributed by atoms with Crippen LogP contribution in [0.4, 0.5) is 11.4 Å². The van der Waals surface area contributed by atoms with Crippen molar-refractivity contribution in [2.45, 2.75) is 13.5 Å². The van der Waals surface area contributed by atoms with E-state index in [4.69, 9.17) is 4.74 Å². The van der Waals surface area contributed by atoms with Gasteiger partial charge < -0.3 is 15.4 Å². The van der Waals surface area contributed by atoms with E-state index in [1.165, 1.54) is 0 Å². The van der Waals surface area contributed by atoms with E-state index in [0.717, 1.165) is 27.0 Å². The Kier molecular flexibility index (Phi) is 6.49. The number of nitrogens with one attached hydrogen (secondary N) is 2. The summed E-state index contributed by atoms with van der Waals surface area (Å²) in [4.78, 5) is 12.0. The maximum absolute atomic E-state index is 12.0. The number of hydrogen-bond acceptors (Lipinski definition) is 3. The van der Waals surface area contributed by atoms with E-state index in [-0.39, 0.29) is 12.5 Å². The van der Waals surface area contributed by atoms with Gasteiger partial charge in [0, 0.05) is 17.9 Å². The Bertz CT molecular complexity index is 896. The molecule has 0 bridgehead atoms. The monoisotopic (exact) mass is 424 g/mol. The summed E-state index contributed by atoms with van der Waals surface area (Å²) in [5.74, 6) is 0.443. The second-order valence-corrected chi connectivity index (χ2v) is 7.04. The van der Waals surface area contributed by atoms with E-state index in [0.29, 0.717) is 12.3 Å². The summed E-state index contributed by atoms with van der Waals surface area (Å²) < 4.78 is 6.45. The first kappa shape index (κ1) is 19.0. The van der Waals surface area contributed by atoms with Crippen LogP contribution >= 0.6 is 15.9 Å². The Morgan fingerprint density at radius 3 is 2.41 bits per heavy atom. The van der Waals surface area contributed by atoms with Crippen molar-refractivity contribution in [2.75, 3.05) is 17.2 Å². The summed E-state index contributed by atoms with van der Waals surface area (Å²) in [5.41, 5.74) is 4.09. The van der Waals surface area contributed by atoms with Crippen LogP contribution in [-0.2, 0) is 11.3 Å². The number of amides is 1. The summed E-state index contributed by atoms with van der Waals surface area (Å²) in [5, 5.41) is 6.18. The number of rotatable bonds is 7. The fourth-order valence-corrected chi connectivity index (χ4v) is 3.05. The Morgan fingerprint density at radius 1 is 0.963 bits per heavy atom. The molecular formula is C22H21BrN2O2. The highest BCUT2D eigenvalue weighted by Gasteiger charge is 2.07. The lowest BCUT2D eigenvalue weighted by molar-refractivity contribution is -0.118. The maximum Gasteiger partial charge on any atom is 0.262 e. The predicted octanol–water partition coefficient (Wildman–Crippen LogP) is 5.39. The summed E-state index contributed by atoms with van der Waals surface area (Å²) >= 11 is 3.51. The minimum Gasteiger partial charge on any atom is -0.483 e. The fourth-order valence-electron chi connectivity index (χ4n) is 2.51. The normalized spacial score (nSPS) is 10.3. The standard InChI is InChI=1S/C22H21BrN2O2/c1-16-7-10-19(11-8-16)25-22(26)15-27-21-12-9-17(13-20(21)23)14-24-18-5-3-2-4-6-18/h2-13,24H,14-15H2,1H3,(H,25,26). The lowest BCUT2D eigenvalue weighted by Gasteiger charge is -2.11. The Labute approximate surface area is 167 Å². The Balaban J connectivity index is 1.51. The smallest absolute Gasteiger partial charge is 0.262 e. The minimum absolute atomic E-state index is 0.0475. The van der Waals surface area contributed by atoms with Gasteiger partial charge in [-0.05, 0) is 64.8 Å². The molecule has 138 valence electrons. The molecule has 3 aromatic rings. The number of halogens is 1. The molecule has 0 aliphatic heterocycles. The molecule has 0 saturated carbocycles. The maximum atomic E-state index is 12.0. The quantitative estimate of drug-likeness (QED) is 0.534. The lowest BCUT2D eigenvalue weighted by Crippen LogP contribution is -2.20. The molecule has 0 fully saturated rings. The molecule has 0 aliphatic carbocycles. The number of aryl methyl sites for hydroxylation is 1. The van der Waals surface area contributed by atoms with Gasteiger partial charge in [-0.3, -0.25) is 4.79 Å². The van der Waals surface area contributed by atoms with E-state index < -0.39 is 0 Å². The van der Waals surface area contributed by atoms with Crippen LogP contribution in [0.15, 0.2) is 77.3 Å². The molecule has 0 aliphatic rings. The molecule has 4 nitrogen and oxygen atoms in total. The largest absolute Gasteiger partial charge is 0.483 e. The predicted molar refractivity (Wildman–Crippen MR) is 113 cm³/mol. The second-order valence-electron chi connectivity index (χ2n) is 6.19. The number of carbonyl (C=O) groups excluding carboxylic acids is 1. The molecule has 5 heteroatoms. The number of carbonyl (C=O) groups is 1. The van der Waals surface area contributed by atoms with Crippen molar-refractivity contribution in [1.29, 1.82) is 0 Å². The van der Waals surface area contributed by atoms with Crippen molar-refractivity contribution in [3.8, 4) is 5.75 Å². The molecular weight excluding hydrogens is 404 g/mol.